The van der Waals surface area contributed by atoms with Gasteiger partial charge in [-0.25, -0.2) is 0 Å². The quantitative estimate of drug-likeness (QED) is 0.934. The van der Waals surface area contributed by atoms with Gasteiger partial charge in [-0.05, 0) is 41.5 Å². The third-order valence-corrected chi connectivity index (χ3v) is 5.96. The zero-order chi connectivity index (χ0) is 13.2. The molecule has 0 bridgehead atoms. The Morgan fingerprint density at radius 2 is 2.11 bits per heavy atom. The largest absolute Gasteiger partial charge is 0.387 e. The first-order chi connectivity index (χ1) is 9.25. The molecule has 4 heteroatoms. The zero-order valence-corrected chi connectivity index (χ0v) is 12.5. The minimum Gasteiger partial charge on any atom is -0.387 e. The second kappa shape index (κ2) is 5.65. The number of thioether (sulfide) groups is 1. The van der Waals surface area contributed by atoms with Gasteiger partial charge in [0.1, 0.15) is 0 Å². The van der Waals surface area contributed by atoms with Crippen LogP contribution in [0, 0.1) is 0 Å². The summed E-state index contributed by atoms with van der Waals surface area (Å²) in [6.45, 7) is 2.08. The highest BCUT2D eigenvalue weighted by Gasteiger charge is 2.23. The molecule has 0 aromatic carbocycles. The van der Waals surface area contributed by atoms with Gasteiger partial charge in [-0.1, -0.05) is 6.92 Å². The summed E-state index contributed by atoms with van der Waals surface area (Å²) < 4.78 is 0. The second-order valence-electron chi connectivity index (χ2n) is 4.91. The fourth-order valence-corrected chi connectivity index (χ4v) is 4.88. The molecule has 2 aromatic heterocycles. The van der Waals surface area contributed by atoms with Crippen molar-refractivity contribution in [3.05, 3.63) is 51.5 Å². The normalized spacial score (nSPS) is 17.8. The van der Waals surface area contributed by atoms with Crippen LogP contribution in [0.4, 0.5) is 0 Å². The van der Waals surface area contributed by atoms with Crippen LogP contribution in [0.5, 0.6) is 0 Å². The summed E-state index contributed by atoms with van der Waals surface area (Å²) in [5.41, 5.74) is 2.57. The van der Waals surface area contributed by atoms with Gasteiger partial charge in [0.05, 0.1) is 6.10 Å². The van der Waals surface area contributed by atoms with Crippen LogP contribution in [-0.2, 0) is 12.2 Å². The van der Waals surface area contributed by atoms with Crippen LogP contribution in [0.25, 0.3) is 0 Å². The van der Waals surface area contributed by atoms with E-state index >= 15 is 0 Å². The number of aryl methyl sites for hydroxylation is 1. The van der Waals surface area contributed by atoms with Gasteiger partial charge in [0.2, 0.25) is 0 Å². The van der Waals surface area contributed by atoms with Gasteiger partial charge in [0, 0.05) is 33.8 Å². The Bertz CT molecular complexity index is 529. The molecular formula is C15H17NOS2. The molecule has 0 amide bonds. The number of hydrogen-bond donors (Lipinski definition) is 1. The first kappa shape index (κ1) is 13.2. The predicted octanol–water partition coefficient (Wildman–Crippen LogP) is 3.77. The van der Waals surface area contributed by atoms with E-state index in [0.717, 1.165) is 22.6 Å². The van der Waals surface area contributed by atoms with Crippen molar-refractivity contribution < 1.29 is 5.11 Å². The molecule has 2 unspecified atom stereocenters. The molecule has 0 radical (unpaired) electrons. The Hall–Kier alpha value is -0.840. The number of thiophene rings is 1. The van der Waals surface area contributed by atoms with Crippen molar-refractivity contribution in [1.82, 2.24) is 4.98 Å². The first-order valence-corrected chi connectivity index (χ1v) is 8.50. The van der Waals surface area contributed by atoms with Crippen molar-refractivity contribution in [2.24, 2.45) is 0 Å². The number of aromatic nitrogens is 1. The first-order valence-electron chi connectivity index (χ1n) is 6.53. The van der Waals surface area contributed by atoms with Crippen LogP contribution >= 0.6 is 23.1 Å². The van der Waals surface area contributed by atoms with E-state index in [-0.39, 0.29) is 5.92 Å². The van der Waals surface area contributed by atoms with Crippen molar-refractivity contribution in [1.29, 1.82) is 0 Å². The molecule has 2 aromatic rings. The molecule has 100 valence electrons. The van der Waals surface area contributed by atoms with Gasteiger partial charge < -0.3 is 5.11 Å². The fraction of sp³-hybridized carbons (Fsp3) is 0.400. The molecule has 0 saturated carbocycles. The smallest absolute Gasteiger partial charge is 0.0947 e. The number of aliphatic hydroxyl groups is 1. The van der Waals surface area contributed by atoms with Crippen molar-refractivity contribution in [2.75, 3.05) is 5.75 Å². The van der Waals surface area contributed by atoms with E-state index in [9.17, 15) is 5.11 Å². The lowest BCUT2D eigenvalue weighted by Crippen LogP contribution is -2.06. The number of rotatable bonds is 3. The highest BCUT2D eigenvalue weighted by atomic mass is 32.2. The Balaban J connectivity index is 1.83. The average Bonchev–Trinajstić information content (AvgIpc) is 2.90. The van der Waals surface area contributed by atoms with Crippen molar-refractivity contribution >= 4 is 23.1 Å². The predicted molar refractivity (Wildman–Crippen MR) is 81.8 cm³/mol. The van der Waals surface area contributed by atoms with Crippen LogP contribution in [-0.4, -0.2) is 15.8 Å². The van der Waals surface area contributed by atoms with E-state index in [1.165, 1.54) is 16.2 Å². The van der Waals surface area contributed by atoms with Crippen LogP contribution < -0.4 is 0 Å². The number of fused-ring (bicyclic) bond motifs is 1. The molecule has 3 heterocycles. The maximum Gasteiger partial charge on any atom is 0.0947 e. The van der Waals surface area contributed by atoms with Crippen LogP contribution in [0.1, 0.15) is 39.8 Å². The molecule has 0 fully saturated rings. The third kappa shape index (κ3) is 2.71. The van der Waals surface area contributed by atoms with E-state index in [1.54, 1.807) is 23.7 Å². The topological polar surface area (TPSA) is 33.1 Å². The lowest BCUT2D eigenvalue weighted by Gasteiger charge is -2.17. The zero-order valence-electron chi connectivity index (χ0n) is 10.9. The molecule has 1 aliphatic heterocycles. The summed E-state index contributed by atoms with van der Waals surface area (Å²) in [6, 6.07) is 6.17. The van der Waals surface area contributed by atoms with E-state index < -0.39 is 6.10 Å². The van der Waals surface area contributed by atoms with E-state index in [4.69, 9.17) is 0 Å². The lowest BCUT2D eigenvalue weighted by atomic mass is 9.95. The minimum absolute atomic E-state index is 0.107. The molecule has 19 heavy (non-hydrogen) atoms. The number of nitrogens with zero attached hydrogens (tertiary/aromatic N) is 1. The standard InChI is InChI=1S/C15H17NOS2/c1-10(11-2-5-16-6-3-11)15(17)14-8-12-9-18-7-4-13(12)19-14/h2-3,5-6,8,10,15,17H,4,7,9H2,1H3. The third-order valence-electron chi connectivity index (χ3n) is 3.64. The maximum absolute atomic E-state index is 10.6. The number of pyridine rings is 1. The molecule has 0 aliphatic carbocycles. The van der Waals surface area contributed by atoms with Gasteiger partial charge in [-0.15, -0.1) is 11.3 Å². The van der Waals surface area contributed by atoms with Gasteiger partial charge in [0.15, 0.2) is 0 Å². The average molecular weight is 291 g/mol. The number of hydrogen-bond acceptors (Lipinski definition) is 4. The summed E-state index contributed by atoms with van der Waals surface area (Å²) in [4.78, 5) is 6.61. The molecule has 1 aliphatic rings. The summed E-state index contributed by atoms with van der Waals surface area (Å²) in [5.74, 6) is 2.42. The van der Waals surface area contributed by atoms with E-state index in [2.05, 4.69) is 18.0 Å². The fourth-order valence-electron chi connectivity index (χ4n) is 2.41. The highest BCUT2D eigenvalue weighted by molar-refractivity contribution is 7.98. The van der Waals surface area contributed by atoms with Crippen molar-refractivity contribution in [3.8, 4) is 0 Å². The van der Waals surface area contributed by atoms with Gasteiger partial charge in [-0.2, -0.15) is 11.8 Å². The monoisotopic (exact) mass is 291 g/mol. The Morgan fingerprint density at radius 3 is 2.84 bits per heavy atom. The Morgan fingerprint density at radius 1 is 1.32 bits per heavy atom. The van der Waals surface area contributed by atoms with Crippen LogP contribution in [0.15, 0.2) is 30.6 Å². The van der Waals surface area contributed by atoms with Crippen LogP contribution in [0.3, 0.4) is 0 Å². The molecule has 3 rings (SSSR count). The van der Waals surface area contributed by atoms with Crippen LogP contribution in [0.2, 0.25) is 0 Å². The van der Waals surface area contributed by atoms with Gasteiger partial charge in [0.25, 0.3) is 0 Å². The molecule has 2 atom stereocenters. The molecule has 0 saturated heterocycles. The SMILES string of the molecule is CC(c1ccncc1)C(O)c1cc2c(s1)CCSC2. The minimum atomic E-state index is -0.414. The van der Waals surface area contributed by atoms with Gasteiger partial charge >= 0.3 is 0 Å². The highest BCUT2D eigenvalue weighted by Crippen LogP contribution is 2.39. The second-order valence-corrected chi connectivity index (χ2v) is 7.19. The van der Waals surface area contributed by atoms with Crippen molar-refractivity contribution in [3.63, 3.8) is 0 Å². The number of aliphatic hydroxyl groups excluding tert-OH is 1. The molecule has 0 spiro atoms. The summed E-state index contributed by atoms with van der Waals surface area (Å²) in [5, 5.41) is 10.6. The van der Waals surface area contributed by atoms with E-state index in [0.29, 0.717) is 0 Å². The van der Waals surface area contributed by atoms with Crippen molar-refractivity contribution in [2.45, 2.75) is 31.1 Å². The Labute approximate surface area is 121 Å². The molecule has 1 N–H and O–H groups in total. The van der Waals surface area contributed by atoms with Gasteiger partial charge in [-0.3, -0.25) is 4.98 Å². The summed E-state index contributed by atoms with van der Waals surface area (Å²) in [6.07, 6.45) is 4.31. The summed E-state index contributed by atoms with van der Waals surface area (Å²) >= 11 is 3.77. The molecular weight excluding hydrogens is 274 g/mol. The summed E-state index contributed by atoms with van der Waals surface area (Å²) in [7, 11) is 0. The lowest BCUT2D eigenvalue weighted by molar-refractivity contribution is 0.155. The maximum atomic E-state index is 10.6. The van der Waals surface area contributed by atoms with E-state index in [1.807, 2.05) is 23.9 Å². The molecule has 2 nitrogen and oxygen atoms in total. The Kier molecular flexibility index (Phi) is 3.91.